The summed E-state index contributed by atoms with van der Waals surface area (Å²) in [5, 5.41) is 5.67. The Morgan fingerprint density at radius 3 is 2.46 bits per heavy atom. The van der Waals surface area contributed by atoms with Crippen LogP contribution in [0.1, 0.15) is 17.2 Å². The second-order valence-electron chi connectivity index (χ2n) is 7.04. The molecule has 2 aromatic heterocycles. The molecule has 4 N–H and O–H groups in total. The number of anilines is 2. The molecule has 0 radical (unpaired) electrons. The van der Waals surface area contributed by atoms with Gasteiger partial charge in [0.2, 0.25) is 0 Å². The van der Waals surface area contributed by atoms with Crippen molar-refractivity contribution in [3.63, 3.8) is 0 Å². The molecule has 5 rings (SSSR count). The molecule has 28 heavy (non-hydrogen) atoms. The van der Waals surface area contributed by atoms with Gasteiger partial charge in [-0.2, -0.15) is 5.10 Å². The fraction of sp³-hybridized carbons (Fsp3) is 0.190. The van der Waals surface area contributed by atoms with Crippen molar-refractivity contribution in [2.24, 2.45) is 0 Å². The Kier molecular flexibility index (Phi) is 3.68. The molecule has 0 amide bonds. The van der Waals surface area contributed by atoms with E-state index in [4.69, 9.17) is 21.3 Å². The maximum absolute atomic E-state index is 6.22. The molecule has 1 aliphatic carbocycles. The van der Waals surface area contributed by atoms with Gasteiger partial charge < -0.3 is 16.2 Å². The zero-order valence-electron chi connectivity index (χ0n) is 15.5. The van der Waals surface area contributed by atoms with Crippen LogP contribution in [0.15, 0.2) is 48.8 Å². The largest absolute Gasteiger partial charge is 0.495 e. The third-order valence-electron chi connectivity index (χ3n) is 5.40. The highest BCUT2D eigenvalue weighted by atomic mass is 16.5. The zero-order valence-corrected chi connectivity index (χ0v) is 15.5. The zero-order chi connectivity index (χ0) is 19.3. The minimum absolute atomic E-state index is 0.193. The lowest BCUT2D eigenvalue weighted by molar-refractivity contribution is 0.417. The Hall–Kier alpha value is -3.61. The van der Waals surface area contributed by atoms with E-state index < -0.39 is 0 Å². The fourth-order valence-electron chi connectivity index (χ4n) is 4.04. The summed E-state index contributed by atoms with van der Waals surface area (Å²) in [6.45, 7) is 0. The van der Waals surface area contributed by atoms with Gasteiger partial charge >= 0.3 is 0 Å². The molecule has 0 spiro atoms. The van der Waals surface area contributed by atoms with E-state index in [1.54, 1.807) is 7.11 Å². The van der Waals surface area contributed by atoms with Crippen molar-refractivity contribution < 1.29 is 4.74 Å². The number of rotatable bonds is 3. The van der Waals surface area contributed by atoms with Crippen LogP contribution in [0.4, 0.5) is 11.5 Å². The second-order valence-corrected chi connectivity index (χ2v) is 7.04. The Bertz CT molecular complexity index is 1170. The fourth-order valence-corrected chi connectivity index (χ4v) is 4.04. The first-order chi connectivity index (χ1) is 13.7. The molecule has 1 aliphatic rings. The number of fused-ring (bicyclic) bond motifs is 2. The molecular weight excluding hydrogens is 352 g/mol. The molecule has 2 heterocycles. The van der Waals surface area contributed by atoms with Gasteiger partial charge in [0.05, 0.1) is 24.2 Å². The average Bonchev–Trinajstić information content (AvgIpc) is 3.30. The van der Waals surface area contributed by atoms with Crippen molar-refractivity contribution in [2.75, 3.05) is 18.6 Å². The van der Waals surface area contributed by atoms with Crippen LogP contribution in [0.25, 0.3) is 22.3 Å². The van der Waals surface area contributed by atoms with Crippen LogP contribution in [0.5, 0.6) is 5.75 Å². The van der Waals surface area contributed by atoms with Gasteiger partial charge in [0, 0.05) is 5.56 Å². The van der Waals surface area contributed by atoms with Gasteiger partial charge in [-0.15, -0.1) is 0 Å². The van der Waals surface area contributed by atoms with Crippen LogP contribution in [-0.4, -0.2) is 26.9 Å². The van der Waals surface area contributed by atoms with Crippen molar-refractivity contribution in [1.82, 2.24) is 19.7 Å². The summed E-state index contributed by atoms with van der Waals surface area (Å²) in [4.78, 5) is 8.69. The quantitative estimate of drug-likeness (QED) is 0.536. The maximum atomic E-state index is 6.22. The van der Waals surface area contributed by atoms with Gasteiger partial charge in [-0.3, -0.25) is 0 Å². The molecule has 4 aromatic rings. The Labute approximate surface area is 162 Å². The Balaban J connectivity index is 1.67. The van der Waals surface area contributed by atoms with E-state index in [9.17, 15) is 0 Å². The average molecular weight is 372 g/mol. The van der Waals surface area contributed by atoms with Crippen molar-refractivity contribution in [3.05, 3.63) is 59.9 Å². The molecule has 0 unspecified atom stereocenters. The highest BCUT2D eigenvalue weighted by Crippen LogP contribution is 2.37. The highest BCUT2D eigenvalue weighted by molar-refractivity contribution is 5.98. The van der Waals surface area contributed by atoms with E-state index in [1.807, 2.05) is 22.9 Å². The van der Waals surface area contributed by atoms with Crippen LogP contribution < -0.4 is 16.2 Å². The van der Waals surface area contributed by atoms with E-state index in [1.165, 1.54) is 17.5 Å². The first-order valence-corrected chi connectivity index (χ1v) is 9.15. The molecule has 0 atom stereocenters. The Morgan fingerprint density at radius 1 is 1.04 bits per heavy atom. The number of hydrogen-bond acceptors (Lipinski definition) is 6. The third-order valence-corrected chi connectivity index (χ3v) is 5.40. The van der Waals surface area contributed by atoms with Crippen LogP contribution >= 0.6 is 0 Å². The van der Waals surface area contributed by atoms with Gasteiger partial charge in [0.25, 0.3) is 0 Å². The predicted molar refractivity (Wildman–Crippen MR) is 109 cm³/mol. The van der Waals surface area contributed by atoms with Crippen LogP contribution in [0.2, 0.25) is 0 Å². The predicted octanol–water partition coefficient (Wildman–Crippen LogP) is 3.01. The number of nitrogens with zero attached hydrogens (tertiary/aromatic N) is 4. The summed E-state index contributed by atoms with van der Waals surface area (Å²) < 4.78 is 7.26. The number of ether oxygens (including phenoxy) is 1. The lowest BCUT2D eigenvalue weighted by atomic mass is 10.1. The van der Waals surface area contributed by atoms with Gasteiger partial charge in [0.1, 0.15) is 23.6 Å². The maximum Gasteiger partial charge on any atom is 0.164 e. The third kappa shape index (κ3) is 2.47. The molecular formula is C21H20N6O. The smallest absolute Gasteiger partial charge is 0.164 e. The first kappa shape index (κ1) is 16.6. The Morgan fingerprint density at radius 2 is 1.79 bits per heavy atom. The van der Waals surface area contributed by atoms with Crippen LogP contribution in [-0.2, 0) is 12.8 Å². The molecule has 7 nitrogen and oxygen atoms in total. The lowest BCUT2D eigenvalue weighted by Gasteiger charge is -2.10. The van der Waals surface area contributed by atoms with E-state index in [0.717, 1.165) is 35.1 Å². The molecule has 0 saturated carbocycles. The molecule has 7 heteroatoms. The van der Waals surface area contributed by atoms with E-state index in [-0.39, 0.29) is 6.04 Å². The highest BCUT2D eigenvalue weighted by Gasteiger charge is 2.27. The SMILES string of the molecule is COc1ccc(-c2nn(C3Cc4ccccc4C3)c3ncnc(N)c23)cc1N. The normalized spacial score (nSPS) is 13.8. The monoisotopic (exact) mass is 372 g/mol. The summed E-state index contributed by atoms with van der Waals surface area (Å²) in [5.74, 6) is 1.04. The van der Waals surface area contributed by atoms with Crippen molar-refractivity contribution in [3.8, 4) is 17.0 Å². The molecule has 0 aliphatic heterocycles. The van der Waals surface area contributed by atoms with Crippen molar-refractivity contribution in [2.45, 2.75) is 18.9 Å². The van der Waals surface area contributed by atoms with Crippen molar-refractivity contribution >= 4 is 22.5 Å². The standard InChI is InChI=1S/C21H20N6O/c1-28-17-7-6-14(10-16(17)22)19-18-20(23)24-11-25-21(18)27(26-19)15-8-12-4-2-3-5-13(12)9-15/h2-7,10-11,15H,8-9,22H2,1H3,(H2,23,24,25). The lowest BCUT2D eigenvalue weighted by Crippen LogP contribution is -2.11. The van der Waals surface area contributed by atoms with E-state index >= 15 is 0 Å². The number of benzene rings is 2. The number of aromatic nitrogens is 4. The summed E-state index contributed by atoms with van der Waals surface area (Å²) in [6.07, 6.45) is 3.33. The number of nitrogens with two attached hydrogens (primary N) is 2. The molecule has 0 bridgehead atoms. The first-order valence-electron chi connectivity index (χ1n) is 9.15. The summed E-state index contributed by atoms with van der Waals surface area (Å²) in [6, 6.07) is 14.3. The minimum atomic E-state index is 0.193. The minimum Gasteiger partial charge on any atom is -0.495 e. The van der Waals surface area contributed by atoms with Gasteiger partial charge in [0.15, 0.2) is 5.65 Å². The van der Waals surface area contributed by atoms with Gasteiger partial charge in [-0.05, 0) is 42.2 Å². The molecule has 0 saturated heterocycles. The number of methoxy groups -OCH3 is 1. The van der Waals surface area contributed by atoms with Gasteiger partial charge in [-0.25, -0.2) is 14.6 Å². The second kappa shape index (κ2) is 6.23. The molecule has 0 fully saturated rings. The number of nitrogen functional groups attached to an aromatic ring is 2. The summed E-state index contributed by atoms with van der Waals surface area (Å²) >= 11 is 0. The van der Waals surface area contributed by atoms with Crippen LogP contribution in [0.3, 0.4) is 0 Å². The van der Waals surface area contributed by atoms with Gasteiger partial charge in [-0.1, -0.05) is 24.3 Å². The summed E-state index contributed by atoms with van der Waals surface area (Å²) in [5.41, 5.74) is 17.9. The molecule has 140 valence electrons. The summed E-state index contributed by atoms with van der Waals surface area (Å²) in [7, 11) is 1.60. The van der Waals surface area contributed by atoms with E-state index in [0.29, 0.717) is 17.3 Å². The van der Waals surface area contributed by atoms with Crippen LogP contribution in [0, 0.1) is 0 Å². The molecule has 2 aromatic carbocycles. The van der Waals surface area contributed by atoms with E-state index in [2.05, 4.69) is 34.2 Å². The van der Waals surface area contributed by atoms with Crippen molar-refractivity contribution in [1.29, 1.82) is 0 Å². The topological polar surface area (TPSA) is 105 Å². The number of hydrogen-bond donors (Lipinski definition) is 2.